The molecule has 0 spiro atoms. The minimum absolute atomic E-state index is 0. The van der Waals surface area contributed by atoms with Crippen molar-refractivity contribution in [2.45, 2.75) is 0 Å². The second-order valence-corrected chi connectivity index (χ2v) is 0.658. The molecule has 0 saturated heterocycles. The van der Waals surface area contributed by atoms with Crippen molar-refractivity contribution in [3.8, 4) is 0 Å². The summed E-state index contributed by atoms with van der Waals surface area (Å²) in [7, 11) is 4.01. The van der Waals surface area contributed by atoms with E-state index in [2.05, 4.69) is 9.47 Å². The van der Waals surface area contributed by atoms with Gasteiger partial charge >= 0.3 is 29.2 Å². The van der Waals surface area contributed by atoms with Crippen LogP contribution in [0.15, 0.2) is 0 Å². The van der Waals surface area contributed by atoms with Crippen LogP contribution in [-0.2, 0) is 9.47 Å². The number of hydrogen-bond donors (Lipinski definition) is 0. The van der Waals surface area contributed by atoms with Crippen LogP contribution in [0.25, 0.3) is 0 Å². The molecule has 0 N–H and O–H groups in total. The van der Waals surface area contributed by atoms with E-state index in [1.807, 2.05) is 0 Å². The van der Waals surface area contributed by atoms with Gasteiger partial charge in [0.1, 0.15) is 0 Å². The summed E-state index contributed by atoms with van der Waals surface area (Å²) < 4.78 is 8.08. The first-order valence-corrected chi connectivity index (χ1v) is 2.25. The summed E-state index contributed by atoms with van der Waals surface area (Å²) in [5, 5.41) is 16.5. The summed E-state index contributed by atoms with van der Waals surface area (Å²) >= 11 is 0. The maximum Gasteiger partial charge on any atom is 2.00 e. The van der Waals surface area contributed by atoms with Crippen LogP contribution in [0.2, 0.25) is 0 Å². The molecule has 0 rings (SSSR count). The number of rotatable bonds is 0. The van der Waals surface area contributed by atoms with Crippen LogP contribution >= 0.6 is 0 Å². The summed E-state index contributed by atoms with van der Waals surface area (Å²) in [6.45, 7) is 0. The van der Waals surface area contributed by atoms with E-state index in [9.17, 15) is 4.79 Å². The molecule has 64 valence electrons. The fourth-order valence-electron chi connectivity index (χ4n) is 0.0833. The summed E-state index contributed by atoms with van der Waals surface area (Å²) in [6, 6.07) is 0. The average Bonchev–Trinajstić information content (AvgIpc) is 2.10. The van der Waals surface area contributed by atoms with Gasteiger partial charge in [-0.3, -0.25) is 0 Å². The molecule has 0 heterocycles. The summed E-state index contributed by atoms with van der Waals surface area (Å²) in [5.74, 6) is 0. The zero-order chi connectivity index (χ0) is 8.99. The van der Waals surface area contributed by atoms with E-state index in [1.54, 1.807) is 0 Å². The number of ether oxygens (including phenoxy) is 2. The van der Waals surface area contributed by atoms with E-state index in [1.165, 1.54) is 14.2 Å². The topological polar surface area (TPSA) is 81.7 Å². The Balaban J connectivity index is -0.0000000428. The van der Waals surface area contributed by atoms with Crippen molar-refractivity contribution in [2.75, 3.05) is 28.4 Å². The molecule has 0 aliphatic heterocycles. The van der Waals surface area contributed by atoms with E-state index < -0.39 is 6.16 Å². The third-order valence-corrected chi connectivity index (χ3v) is 0.333. The Morgan fingerprint density at radius 2 is 1.18 bits per heavy atom. The number of hydrogen-bond acceptors (Lipinski definition) is 5. The Kier molecular flexibility index (Phi) is 66.3. The minimum atomic E-state index is -0.657. The summed E-state index contributed by atoms with van der Waals surface area (Å²) in [4.78, 5) is 9.74. The molecule has 0 atom stereocenters. The van der Waals surface area contributed by atoms with E-state index >= 15 is 0 Å². The Morgan fingerprint density at radius 3 is 1.18 bits per heavy atom. The Hall–Kier alpha value is -0.0438. The van der Waals surface area contributed by atoms with Crippen molar-refractivity contribution in [3.05, 3.63) is 0 Å². The smallest absolute Gasteiger partial charge is 0.857 e. The maximum atomic E-state index is 9.74. The number of carbonyl (C=O) groups is 1. The first-order valence-electron chi connectivity index (χ1n) is 2.25. The third kappa shape index (κ3) is 40.3. The van der Waals surface area contributed by atoms with Gasteiger partial charge in [0.05, 0.1) is 14.2 Å². The summed E-state index contributed by atoms with van der Waals surface area (Å²) in [5.41, 5.74) is 0. The van der Waals surface area contributed by atoms with Gasteiger partial charge in [-0.15, -0.1) is 0 Å². The maximum absolute atomic E-state index is 9.74. The zero-order valence-electron chi connectivity index (χ0n) is 7.25. The molecule has 0 aliphatic carbocycles. The molecule has 0 bridgehead atoms. The van der Waals surface area contributed by atoms with Crippen molar-refractivity contribution in [1.29, 1.82) is 0 Å². The van der Waals surface area contributed by atoms with Crippen molar-refractivity contribution in [1.82, 2.24) is 0 Å². The molecular weight excluding hydrogens is 164 g/mol. The van der Waals surface area contributed by atoms with Crippen molar-refractivity contribution >= 4 is 29.2 Å². The van der Waals surface area contributed by atoms with Gasteiger partial charge in [-0.1, -0.05) is 0 Å². The van der Waals surface area contributed by atoms with Gasteiger partial charge in [0.2, 0.25) is 0 Å². The first-order chi connectivity index (χ1) is 4.81. The van der Waals surface area contributed by atoms with E-state index in [4.69, 9.17) is 10.2 Å². The Labute approximate surface area is 82.5 Å². The standard InChI is InChI=1S/C3H6O3.2CH3O.Mg/c1-5-3(4)6-2;2*1-2;/h1-2H3;2*1H3;/q;2*-1;+2. The summed E-state index contributed by atoms with van der Waals surface area (Å²) in [6.07, 6.45) is -0.657. The van der Waals surface area contributed by atoms with Crippen LogP contribution in [-0.4, -0.2) is 57.6 Å². The third-order valence-electron chi connectivity index (χ3n) is 0.333. The zero-order valence-corrected chi connectivity index (χ0v) is 8.66. The van der Waals surface area contributed by atoms with Crippen LogP contribution in [0.1, 0.15) is 0 Å². The number of methoxy groups -OCH3 is 2. The quantitative estimate of drug-likeness (QED) is 0.314. The molecule has 0 amide bonds. The molecule has 0 aliphatic rings. The predicted octanol–water partition coefficient (Wildman–Crippen LogP) is -2.03. The molecule has 0 radical (unpaired) electrons. The van der Waals surface area contributed by atoms with Gasteiger partial charge in [0.25, 0.3) is 0 Å². The molecule has 0 unspecified atom stereocenters. The van der Waals surface area contributed by atoms with Gasteiger partial charge < -0.3 is 19.7 Å². The van der Waals surface area contributed by atoms with Crippen LogP contribution in [0.3, 0.4) is 0 Å². The molecule has 0 aromatic heterocycles. The molecule has 0 saturated carbocycles. The van der Waals surface area contributed by atoms with Gasteiger partial charge in [-0.2, -0.15) is 14.2 Å². The average molecular weight is 176 g/mol. The van der Waals surface area contributed by atoms with Crippen molar-refractivity contribution in [2.24, 2.45) is 0 Å². The van der Waals surface area contributed by atoms with Gasteiger partial charge in [0.15, 0.2) is 0 Å². The Morgan fingerprint density at radius 1 is 1.00 bits per heavy atom. The van der Waals surface area contributed by atoms with E-state index in [0.717, 1.165) is 14.2 Å². The van der Waals surface area contributed by atoms with Crippen molar-refractivity contribution < 1.29 is 24.5 Å². The fourth-order valence-corrected chi connectivity index (χ4v) is 0.0833. The van der Waals surface area contributed by atoms with E-state index in [-0.39, 0.29) is 23.1 Å². The van der Waals surface area contributed by atoms with Gasteiger partial charge in [-0.05, 0) is 0 Å². The van der Waals surface area contributed by atoms with Gasteiger partial charge in [-0.25, -0.2) is 4.79 Å². The molecular formula is C5H12MgO5. The van der Waals surface area contributed by atoms with E-state index in [0.29, 0.717) is 0 Å². The van der Waals surface area contributed by atoms with Crippen molar-refractivity contribution in [3.63, 3.8) is 0 Å². The second-order valence-electron chi connectivity index (χ2n) is 0.658. The predicted molar refractivity (Wildman–Crippen MR) is 37.0 cm³/mol. The number of carbonyl (C=O) groups excluding carboxylic acids is 1. The monoisotopic (exact) mass is 176 g/mol. The molecule has 0 aromatic rings. The molecule has 0 fully saturated rings. The largest absolute Gasteiger partial charge is 2.00 e. The molecule has 5 nitrogen and oxygen atoms in total. The molecule has 6 heteroatoms. The van der Waals surface area contributed by atoms with Gasteiger partial charge in [0, 0.05) is 0 Å². The fraction of sp³-hybridized carbons (Fsp3) is 0.800. The molecule has 0 aromatic carbocycles. The Bertz CT molecular complexity index is 52.8. The van der Waals surface area contributed by atoms with Crippen LogP contribution in [0.4, 0.5) is 4.79 Å². The second kappa shape index (κ2) is 32.5. The molecule has 11 heavy (non-hydrogen) atoms. The SMILES string of the molecule is COC(=O)OC.C[O-].C[O-].[Mg+2]. The first kappa shape index (κ1) is 22.4. The minimum Gasteiger partial charge on any atom is -0.857 e. The van der Waals surface area contributed by atoms with Crippen LogP contribution in [0, 0.1) is 0 Å². The normalized spacial score (nSPS) is 4.91. The van der Waals surface area contributed by atoms with Crippen LogP contribution in [0.5, 0.6) is 0 Å². The van der Waals surface area contributed by atoms with Crippen LogP contribution < -0.4 is 10.2 Å².